The standard InChI is InChI=1S/C12H17NO6S2/c1-8-6-10(7-11(9(8)2)12(14)15)13-21(18,19)5-4-20(3,16)17/h6-7,13H,4-5H2,1-3H3,(H,14,15). The highest BCUT2D eigenvalue weighted by molar-refractivity contribution is 7.95. The molecule has 0 saturated heterocycles. The van der Waals surface area contributed by atoms with Crippen LogP contribution in [0.1, 0.15) is 21.5 Å². The molecule has 0 atom stereocenters. The summed E-state index contributed by atoms with van der Waals surface area (Å²) in [7, 11) is -7.26. The molecular formula is C12H17NO6S2. The monoisotopic (exact) mass is 335 g/mol. The minimum atomic E-state index is -3.86. The van der Waals surface area contributed by atoms with E-state index in [1.54, 1.807) is 13.8 Å². The van der Waals surface area contributed by atoms with Crippen LogP contribution in [0, 0.1) is 13.8 Å². The molecule has 0 aliphatic rings. The van der Waals surface area contributed by atoms with E-state index in [9.17, 15) is 21.6 Å². The predicted molar refractivity (Wildman–Crippen MR) is 80.0 cm³/mol. The number of sulfonamides is 1. The minimum absolute atomic E-state index is 0.00388. The van der Waals surface area contributed by atoms with Crippen LogP contribution in [0.2, 0.25) is 0 Å². The van der Waals surface area contributed by atoms with Crippen LogP contribution in [-0.4, -0.2) is 45.7 Å². The van der Waals surface area contributed by atoms with Crippen molar-refractivity contribution < 1.29 is 26.7 Å². The van der Waals surface area contributed by atoms with Gasteiger partial charge in [-0.2, -0.15) is 0 Å². The zero-order valence-electron chi connectivity index (χ0n) is 11.9. The molecule has 2 N–H and O–H groups in total. The Morgan fingerprint density at radius 1 is 1.14 bits per heavy atom. The third-order valence-electron chi connectivity index (χ3n) is 2.89. The number of aryl methyl sites for hydroxylation is 1. The summed E-state index contributed by atoms with van der Waals surface area (Å²) in [6.07, 6.45) is 0.946. The Morgan fingerprint density at radius 2 is 1.71 bits per heavy atom. The highest BCUT2D eigenvalue weighted by Gasteiger charge is 2.17. The van der Waals surface area contributed by atoms with E-state index in [1.807, 2.05) is 0 Å². The summed E-state index contributed by atoms with van der Waals surface area (Å²) in [6.45, 7) is 3.29. The van der Waals surface area contributed by atoms with Crippen molar-refractivity contribution in [3.05, 3.63) is 28.8 Å². The van der Waals surface area contributed by atoms with Gasteiger partial charge in [0.25, 0.3) is 0 Å². The van der Waals surface area contributed by atoms with E-state index in [4.69, 9.17) is 5.11 Å². The van der Waals surface area contributed by atoms with Crippen LogP contribution in [0.3, 0.4) is 0 Å². The molecule has 118 valence electrons. The van der Waals surface area contributed by atoms with E-state index in [-0.39, 0.29) is 11.3 Å². The first kappa shape index (κ1) is 17.4. The maximum atomic E-state index is 11.8. The van der Waals surface area contributed by atoms with Crippen LogP contribution >= 0.6 is 0 Å². The van der Waals surface area contributed by atoms with Gasteiger partial charge in [-0.3, -0.25) is 4.72 Å². The number of sulfone groups is 1. The van der Waals surface area contributed by atoms with Gasteiger partial charge in [0.05, 0.1) is 17.1 Å². The van der Waals surface area contributed by atoms with Crippen molar-refractivity contribution in [2.45, 2.75) is 13.8 Å². The molecule has 0 spiro atoms. The van der Waals surface area contributed by atoms with E-state index in [0.717, 1.165) is 6.26 Å². The van der Waals surface area contributed by atoms with Crippen molar-refractivity contribution in [2.75, 3.05) is 22.5 Å². The normalized spacial score (nSPS) is 12.1. The first-order chi connectivity index (χ1) is 9.41. The van der Waals surface area contributed by atoms with Crippen molar-refractivity contribution >= 4 is 31.5 Å². The Hall–Kier alpha value is -1.61. The summed E-state index contributed by atoms with van der Waals surface area (Å²) in [5, 5.41) is 9.07. The van der Waals surface area contributed by atoms with Crippen molar-refractivity contribution in [1.82, 2.24) is 0 Å². The number of carboxylic acid groups (broad SMARTS) is 1. The van der Waals surface area contributed by atoms with Crippen LogP contribution in [0.25, 0.3) is 0 Å². The Balaban J connectivity index is 3.05. The topological polar surface area (TPSA) is 118 Å². The van der Waals surface area contributed by atoms with Gasteiger partial charge in [-0.05, 0) is 37.1 Å². The second kappa shape index (κ2) is 6.02. The summed E-state index contributed by atoms with van der Waals surface area (Å²) in [4.78, 5) is 11.1. The van der Waals surface area contributed by atoms with Gasteiger partial charge in [-0.25, -0.2) is 21.6 Å². The molecule has 0 fully saturated rings. The number of benzene rings is 1. The van der Waals surface area contributed by atoms with Crippen LogP contribution in [0.4, 0.5) is 5.69 Å². The lowest BCUT2D eigenvalue weighted by atomic mass is 10.0. The number of aromatic carboxylic acids is 1. The van der Waals surface area contributed by atoms with Crippen molar-refractivity contribution in [3.8, 4) is 0 Å². The third kappa shape index (κ3) is 5.35. The van der Waals surface area contributed by atoms with Gasteiger partial charge >= 0.3 is 5.97 Å². The number of hydrogen-bond acceptors (Lipinski definition) is 5. The lowest BCUT2D eigenvalue weighted by molar-refractivity contribution is 0.0696. The molecule has 0 saturated carbocycles. The molecular weight excluding hydrogens is 318 g/mol. The van der Waals surface area contributed by atoms with Crippen molar-refractivity contribution in [3.63, 3.8) is 0 Å². The molecule has 0 heterocycles. The largest absolute Gasteiger partial charge is 0.478 e. The van der Waals surface area contributed by atoms with E-state index in [1.165, 1.54) is 12.1 Å². The van der Waals surface area contributed by atoms with E-state index in [0.29, 0.717) is 11.1 Å². The molecule has 0 aromatic heterocycles. The van der Waals surface area contributed by atoms with Gasteiger partial charge in [0.15, 0.2) is 0 Å². The summed E-state index contributed by atoms with van der Waals surface area (Å²) in [5.41, 5.74) is 1.26. The first-order valence-electron chi connectivity index (χ1n) is 5.94. The number of rotatable bonds is 6. The number of anilines is 1. The Bertz CT molecular complexity index is 765. The van der Waals surface area contributed by atoms with Gasteiger partial charge in [0.2, 0.25) is 10.0 Å². The quantitative estimate of drug-likeness (QED) is 0.793. The second-order valence-corrected chi connectivity index (χ2v) is 8.92. The zero-order valence-corrected chi connectivity index (χ0v) is 13.5. The Labute approximate surface area is 124 Å². The summed E-state index contributed by atoms with van der Waals surface area (Å²) in [5.74, 6) is -2.24. The smallest absolute Gasteiger partial charge is 0.336 e. The molecule has 1 aromatic carbocycles. The molecule has 0 aliphatic carbocycles. The van der Waals surface area contributed by atoms with Gasteiger partial charge in [0.1, 0.15) is 9.84 Å². The summed E-state index contributed by atoms with van der Waals surface area (Å²) < 4.78 is 47.8. The van der Waals surface area contributed by atoms with Gasteiger partial charge in [0, 0.05) is 11.9 Å². The average Bonchev–Trinajstić information content (AvgIpc) is 2.29. The molecule has 0 unspecified atom stereocenters. The fourth-order valence-corrected chi connectivity index (χ4v) is 4.30. The highest BCUT2D eigenvalue weighted by Crippen LogP contribution is 2.21. The Kier molecular flexibility index (Phi) is 5.00. The maximum absolute atomic E-state index is 11.8. The molecule has 0 radical (unpaired) electrons. The number of nitrogens with one attached hydrogen (secondary N) is 1. The van der Waals surface area contributed by atoms with Crippen molar-refractivity contribution in [1.29, 1.82) is 0 Å². The number of hydrogen-bond donors (Lipinski definition) is 2. The summed E-state index contributed by atoms with van der Waals surface area (Å²) in [6, 6.07) is 2.71. The average molecular weight is 335 g/mol. The minimum Gasteiger partial charge on any atom is -0.478 e. The molecule has 9 heteroatoms. The van der Waals surface area contributed by atoms with Crippen LogP contribution in [-0.2, 0) is 19.9 Å². The summed E-state index contributed by atoms with van der Waals surface area (Å²) >= 11 is 0. The van der Waals surface area contributed by atoms with Gasteiger partial charge < -0.3 is 5.11 Å². The maximum Gasteiger partial charge on any atom is 0.336 e. The molecule has 0 amide bonds. The fraction of sp³-hybridized carbons (Fsp3) is 0.417. The molecule has 0 bridgehead atoms. The zero-order chi connectivity index (χ0) is 16.4. The predicted octanol–water partition coefficient (Wildman–Crippen LogP) is 0.788. The first-order valence-corrected chi connectivity index (χ1v) is 9.65. The lowest BCUT2D eigenvalue weighted by Gasteiger charge is -2.12. The molecule has 1 rings (SSSR count). The van der Waals surface area contributed by atoms with Gasteiger partial charge in [-0.1, -0.05) is 0 Å². The SMILES string of the molecule is Cc1cc(NS(=O)(=O)CCS(C)(=O)=O)cc(C(=O)O)c1C. The van der Waals surface area contributed by atoms with Crippen LogP contribution in [0.15, 0.2) is 12.1 Å². The van der Waals surface area contributed by atoms with E-state index < -0.39 is 37.3 Å². The fourth-order valence-electron chi connectivity index (χ4n) is 1.63. The second-order valence-electron chi connectivity index (χ2n) is 4.82. The number of carbonyl (C=O) groups is 1. The lowest BCUT2D eigenvalue weighted by Crippen LogP contribution is -2.22. The highest BCUT2D eigenvalue weighted by atomic mass is 32.2. The van der Waals surface area contributed by atoms with Gasteiger partial charge in [-0.15, -0.1) is 0 Å². The molecule has 0 aliphatic heterocycles. The number of carboxylic acids is 1. The molecule has 7 nitrogen and oxygen atoms in total. The van der Waals surface area contributed by atoms with Crippen molar-refractivity contribution in [2.24, 2.45) is 0 Å². The Morgan fingerprint density at radius 3 is 2.19 bits per heavy atom. The van der Waals surface area contributed by atoms with Crippen LogP contribution in [0.5, 0.6) is 0 Å². The third-order valence-corrected chi connectivity index (χ3v) is 5.39. The van der Waals surface area contributed by atoms with E-state index in [2.05, 4.69) is 4.72 Å². The van der Waals surface area contributed by atoms with E-state index >= 15 is 0 Å². The van der Waals surface area contributed by atoms with Crippen LogP contribution < -0.4 is 4.72 Å². The molecule has 21 heavy (non-hydrogen) atoms. The molecule has 1 aromatic rings.